The average molecular weight is 357 g/mol. The van der Waals surface area contributed by atoms with Crippen molar-refractivity contribution in [3.63, 3.8) is 0 Å². The van der Waals surface area contributed by atoms with E-state index in [1.54, 1.807) is 23.6 Å². The summed E-state index contributed by atoms with van der Waals surface area (Å²) in [4.78, 5) is 11.1. The Kier molecular flexibility index (Phi) is 5.18. The molecule has 1 aromatic carbocycles. The fraction of sp³-hybridized carbons (Fsp3) is 0.294. The highest BCUT2D eigenvalue weighted by atomic mass is 32.2. The third-order valence-corrected chi connectivity index (χ3v) is 4.83. The standard InChI is InChI=1S/C17H18N4O3S/c1-3-13(17(22)23)25-15-10-9-14-18-19-16(21(14)20-15)11-5-7-12(8-6-11)24-4-2/h5-10,13H,3-4H2,1-2H3,(H,22,23)/p-1/t13-/m0/s1. The molecule has 0 saturated heterocycles. The highest BCUT2D eigenvalue weighted by Gasteiger charge is 2.14. The highest BCUT2D eigenvalue weighted by Crippen LogP contribution is 2.25. The minimum absolute atomic E-state index is 0.459. The van der Waals surface area contributed by atoms with Gasteiger partial charge in [-0.05, 0) is 49.7 Å². The molecule has 1 atom stereocenters. The predicted octanol–water partition coefficient (Wildman–Crippen LogP) is 1.81. The third kappa shape index (κ3) is 3.74. The number of ether oxygens (including phenoxy) is 1. The summed E-state index contributed by atoms with van der Waals surface area (Å²) in [6.45, 7) is 4.34. The lowest BCUT2D eigenvalue weighted by Crippen LogP contribution is -2.33. The van der Waals surface area contributed by atoms with Crippen LogP contribution in [0.1, 0.15) is 20.3 Å². The lowest BCUT2D eigenvalue weighted by molar-refractivity contribution is -0.304. The monoisotopic (exact) mass is 357 g/mol. The molecule has 0 unspecified atom stereocenters. The molecule has 7 nitrogen and oxygen atoms in total. The van der Waals surface area contributed by atoms with E-state index in [2.05, 4.69) is 15.3 Å². The number of fused-ring (bicyclic) bond motifs is 1. The summed E-state index contributed by atoms with van der Waals surface area (Å²) in [5.74, 6) is 0.274. The Morgan fingerprint density at radius 1 is 1.20 bits per heavy atom. The van der Waals surface area contributed by atoms with Crippen molar-refractivity contribution in [2.75, 3.05) is 6.61 Å². The van der Waals surface area contributed by atoms with Gasteiger partial charge in [-0.25, -0.2) is 0 Å². The number of carbonyl (C=O) groups is 1. The maximum Gasteiger partial charge on any atom is 0.185 e. The van der Waals surface area contributed by atoms with Gasteiger partial charge >= 0.3 is 0 Å². The maximum atomic E-state index is 11.1. The molecule has 0 spiro atoms. The van der Waals surface area contributed by atoms with E-state index in [1.165, 1.54) is 0 Å². The first-order chi connectivity index (χ1) is 12.1. The van der Waals surface area contributed by atoms with E-state index >= 15 is 0 Å². The maximum absolute atomic E-state index is 11.1. The minimum Gasteiger partial charge on any atom is -0.549 e. The van der Waals surface area contributed by atoms with Crippen LogP contribution in [0, 0.1) is 0 Å². The van der Waals surface area contributed by atoms with E-state index < -0.39 is 11.2 Å². The Morgan fingerprint density at radius 2 is 1.96 bits per heavy atom. The molecule has 0 N–H and O–H groups in total. The normalized spacial score (nSPS) is 12.2. The molecule has 0 amide bonds. The lowest BCUT2D eigenvalue weighted by Gasteiger charge is -2.14. The number of hydrogen-bond donors (Lipinski definition) is 0. The van der Waals surface area contributed by atoms with Crippen molar-refractivity contribution in [3.05, 3.63) is 36.4 Å². The summed E-state index contributed by atoms with van der Waals surface area (Å²) in [6.07, 6.45) is 0.459. The van der Waals surface area contributed by atoms with Gasteiger partial charge in [0.15, 0.2) is 11.5 Å². The molecule has 0 aliphatic carbocycles. The van der Waals surface area contributed by atoms with Crippen molar-refractivity contribution in [1.82, 2.24) is 19.8 Å². The van der Waals surface area contributed by atoms with Crippen LogP contribution in [0.4, 0.5) is 0 Å². The Morgan fingerprint density at radius 3 is 2.60 bits per heavy atom. The number of carboxylic acid groups (broad SMARTS) is 1. The smallest absolute Gasteiger partial charge is 0.185 e. The van der Waals surface area contributed by atoms with Gasteiger partial charge in [0, 0.05) is 5.56 Å². The van der Waals surface area contributed by atoms with Gasteiger partial charge in [0.05, 0.1) is 17.8 Å². The number of hydrogen-bond acceptors (Lipinski definition) is 7. The topological polar surface area (TPSA) is 92.4 Å². The first-order valence-electron chi connectivity index (χ1n) is 7.95. The summed E-state index contributed by atoms with van der Waals surface area (Å²) in [6, 6.07) is 11.0. The number of carboxylic acids is 1. The fourth-order valence-electron chi connectivity index (χ4n) is 2.33. The van der Waals surface area contributed by atoms with Crippen molar-refractivity contribution < 1.29 is 14.6 Å². The molecule has 0 aliphatic rings. The molecule has 3 rings (SSSR count). The number of rotatable bonds is 7. The number of benzene rings is 1. The number of aliphatic carboxylic acids is 1. The molecule has 0 radical (unpaired) electrons. The third-order valence-electron chi connectivity index (χ3n) is 3.56. The van der Waals surface area contributed by atoms with E-state index in [4.69, 9.17) is 4.74 Å². The number of aromatic nitrogens is 4. The van der Waals surface area contributed by atoms with Gasteiger partial charge in [0.2, 0.25) is 0 Å². The van der Waals surface area contributed by atoms with Crippen LogP contribution in [0.3, 0.4) is 0 Å². The molecular weight excluding hydrogens is 340 g/mol. The molecule has 0 aliphatic heterocycles. The zero-order valence-electron chi connectivity index (χ0n) is 13.9. The molecular formula is C17H17N4O3S-. The predicted molar refractivity (Wildman–Crippen MR) is 92.3 cm³/mol. The number of carbonyl (C=O) groups excluding carboxylic acids is 1. The van der Waals surface area contributed by atoms with E-state index in [-0.39, 0.29) is 0 Å². The van der Waals surface area contributed by atoms with Crippen molar-refractivity contribution in [2.45, 2.75) is 30.5 Å². The zero-order valence-corrected chi connectivity index (χ0v) is 14.7. The molecule has 2 heterocycles. The second-order valence-electron chi connectivity index (χ2n) is 5.26. The summed E-state index contributed by atoms with van der Waals surface area (Å²) in [7, 11) is 0. The molecule has 0 bridgehead atoms. The summed E-state index contributed by atoms with van der Waals surface area (Å²) in [5, 5.41) is 23.8. The van der Waals surface area contributed by atoms with Crippen molar-refractivity contribution in [2.24, 2.45) is 0 Å². The molecule has 8 heteroatoms. The molecule has 130 valence electrons. The van der Waals surface area contributed by atoms with Gasteiger partial charge in [-0.2, -0.15) is 9.61 Å². The second kappa shape index (κ2) is 7.52. The number of thioether (sulfide) groups is 1. The van der Waals surface area contributed by atoms with Gasteiger partial charge < -0.3 is 14.6 Å². The van der Waals surface area contributed by atoms with E-state index in [9.17, 15) is 9.90 Å². The Bertz CT molecular complexity index is 879. The van der Waals surface area contributed by atoms with Gasteiger partial charge in [0.1, 0.15) is 10.8 Å². The number of nitrogens with zero attached hydrogens (tertiary/aromatic N) is 4. The zero-order chi connectivity index (χ0) is 17.8. The van der Waals surface area contributed by atoms with Crippen LogP contribution < -0.4 is 9.84 Å². The summed E-state index contributed by atoms with van der Waals surface area (Å²) in [5.41, 5.74) is 1.44. The second-order valence-corrected chi connectivity index (χ2v) is 6.48. The molecule has 0 fully saturated rings. The van der Waals surface area contributed by atoms with Gasteiger partial charge in [-0.3, -0.25) is 0 Å². The average Bonchev–Trinajstić information content (AvgIpc) is 3.03. The first-order valence-corrected chi connectivity index (χ1v) is 8.83. The summed E-state index contributed by atoms with van der Waals surface area (Å²) < 4.78 is 7.05. The molecule has 0 saturated carbocycles. The van der Waals surface area contributed by atoms with Gasteiger partial charge in [-0.1, -0.05) is 18.7 Å². The van der Waals surface area contributed by atoms with Crippen LogP contribution >= 0.6 is 11.8 Å². The largest absolute Gasteiger partial charge is 0.549 e. The van der Waals surface area contributed by atoms with Gasteiger partial charge in [-0.15, -0.1) is 10.2 Å². The Balaban J connectivity index is 1.94. The van der Waals surface area contributed by atoms with E-state index in [0.717, 1.165) is 23.1 Å². The van der Waals surface area contributed by atoms with Crippen LogP contribution in [-0.2, 0) is 4.79 Å². The summed E-state index contributed by atoms with van der Waals surface area (Å²) >= 11 is 1.16. The Labute approximate surface area is 149 Å². The highest BCUT2D eigenvalue weighted by molar-refractivity contribution is 8.00. The lowest BCUT2D eigenvalue weighted by atomic mass is 10.2. The van der Waals surface area contributed by atoms with Crippen molar-refractivity contribution in [1.29, 1.82) is 0 Å². The van der Waals surface area contributed by atoms with E-state index in [0.29, 0.717) is 29.5 Å². The molecule has 2 aromatic heterocycles. The quantitative estimate of drug-likeness (QED) is 0.595. The molecule has 25 heavy (non-hydrogen) atoms. The van der Waals surface area contributed by atoms with Crippen molar-refractivity contribution in [3.8, 4) is 17.1 Å². The SMILES string of the molecule is CCOc1ccc(-c2nnc3ccc(S[C@@H](CC)C(=O)[O-])nn23)cc1. The van der Waals surface area contributed by atoms with Crippen LogP contribution in [0.15, 0.2) is 41.4 Å². The van der Waals surface area contributed by atoms with Crippen LogP contribution in [0.5, 0.6) is 5.75 Å². The van der Waals surface area contributed by atoms with E-state index in [1.807, 2.05) is 31.2 Å². The van der Waals surface area contributed by atoms with Crippen LogP contribution in [-0.4, -0.2) is 37.6 Å². The van der Waals surface area contributed by atoms with Crippen LogP contribution in [0.2, 0.25) is 0 Å². The van der Waals surface area contributed by atoms with Crippen LogP contribution in [0.25, 0.3) is 17.0 Å². The molecule has 3 aromatic rings. The first kappa shape index (κ1) is 17.2. The minimum atomic E-state index is -1.09. The fourth-order valence-corrected chi connectivity index (χ4v) is 3.16. The van der Waals surface area contributed by atoms with Crippen molar-refractivity contribution >= 4 is 23.4 Å². The Hall–Kier alpha value is -2.61. The van der Waals surface area contributed by atoms with Gasteiger partial charge in [0.25, 0.3) is 0 Å².